The van der Waals surface area contributed by atoms with Crippen LogP contribution < -0.4 is 4.90 Å². The van der Waals surface area contributed by atoms with Gasteiger partial charge in [-0.25, -0.2) is 0 Å². The number of hydrogen-bond donors (Lipinski definition) is 1. The van der Waals surface area contributed by atoms with Crippen molar-refractivity contribution in [2.75, 3.05) is 31.7 Å². The zero-order chi connectivity index (χ0) is 20.2. The lowest BCUT2D eigenvalue weighted by Gasteiger charge is -2.43. The molecule has 29 heavy (non-hydrogen) atoms. The van der Waals surface area contributed by atoms with E-state index in [1.165, 1.54) is 0 Å². The fraction of sp³-hybridized carbons (Fsp3) is 0.304. The van der Waals surface area contributed by atoms with Crippen LogP contribution in [0.5, 0.6) is 0 Å². The molecule has 3 aromatic rings. The summed E-state index contributed by atoms with van der Waals surface area (Å²) in [7, 11) is 1.63. The lowest BCUT2D eigenvalue weighted by molar-refractivity contribution is -0.143. The summed E-state index contributed by atoms with van der Waals surface area (Å²) in [5.74, 6) is -0.204. The first-order chi connectivity index (χ1) is 14.1. The number of ether oxygens (including phenoxy) is 1. The zero-order valence-electron chi connectivity index (χ0n) is 16.6. The Hall–Kier alpha value is -3.12. The van der Waals surface area contributed by atoms with Gasteiger partial charge in [0, 0.05) is 43.6 Å². The van der Waals surface area contributed by atoms with Crippen LogP contribution in [0.2, 0.25) is 0 Å². The summed E-state index contributed by atoms with van der Waals surface area (Å²) in [6, 6.07) is 15.9. The van der Waals surface area contributed by atoms with Crippen molar-refractivity contribution in [2.24, 2.45) is 0 Å². The highest BCUT2D eigenvalue weighted by atomic mass is 16.5. The van der Waals surface area contributed by atoms with Crippen molar-refractivity contribution in [3.63, 3.8) is 0 Å². The van der Waals surface area contributed by atoms with E-state index >= 15 is 0 Å². The van der Waals surface area contributed by atoms with Crippen LogP contribution in [0, 0.1) is 0 Å². The summed E-state index contributed by atoms with van der Waals surface area (Å²) >= 11 is 0. The maximum Gasteiger partial charge on any atom is 0.264 e. The van der Waals surface area contributed by atoms with Crippen molar-refractivity contribution in [3.8, 4) is 0 Å². The third kappa shape index (κ3) is 2.26. The molecule has 6 heteroatoms. The van der Waals surface area contributed by atoms with Crippen molar-refractivity contribution in [1.29, 1.82) is 0 Å². The summed E-state index contributed by atoms with van der Waals surface area (Å²) in [4.78, 5) is 33.8. The van der Waals surface area contributed by atoms with Crippen LogP contribution in [-0.2, 0) is 26.3 Å². The standard InChI is InChI=1S/C23H23N3O3/c1-15(27)26-12-11-17-16-7-3-5-9-19(16)24-21(17)23(26)18-8-4-6-10-20(18)25(22(23)28)13-14-29-2/h3-10,24H,11-14H2,1-2H3. The molecule has 148 valence electrons. The number of nitrogens with zero attached hydrogens (tertiary/aromatic N) is 2. The van der Waals surface area contributed by atoms with Gasteiger partial charge in [-0.2, -0.15) is 0 Å². The Labute approximate surface area is 169 Å². The van der Waals surface area contributed by atoms with E-state index in [-0.39, 0.29) is 11.8 Å². The molecule has 0 saturated carbocycles. The topological polar surface area (TPSA) is 65.6 Å². The Bertz CT molecular complexity index is 1140. The predicted octanol–water partition coefficient (Wildman–Crippen LogP) is 2.81. The monoisotopic (exact) mass is 389 g/mol. The molecule has 0 aliphatic carbocycles. The van der Waals surface area contributed by atoms with Crippen LogP contribution in [-0.4, -0.2) is 48.5 Å². The number of hydrogen-bond acceptors (Lipinski definition) is 3. The maximum atomic E-state index is 14.1. The van der Waals surface area contributed by atoms with E-state index < -0.39 is 5.54 Å². The third-order valence-corrected chi connectivity index (χ3v) is 6.20. The summed E-state index contributed by atoms with van der Waals surface area (Å²) in [5.41, 5.74) is 3.45. The first kappa shape index (κ1) is 17.9. The van der Waals surface area contributed by atoms with Gasteiger partial charge in [-0.1, -0.05) is 36.4 Å². The van der Waals surface area contributed by atoms with E-state index in [1.807, 2.05) is 42.5 Å². The highest BCUT2D eigenvalue weighted by molar-refractivity contribution is 6.12. The van der Waals surface area contributed by atoms with Gasteiger partial charge in [0.05, 0.1) is 18.0 Å². The van der Waals surface area contributed by atoms with E-state index in [2.05, 4.69) is 11.1 Å². The Morgan fingerprint density at radius 2 is 1.93 bits per heavy atom. The van der Waals surface area contributed by atoms with E-state index in [1.54, 1.807) is 23.8 Å². The minimum Gasteiger partial charge on any atom is -0.383 e. The highest BCUT2D eigenvalue weighted by Crippen LogP contribution is 2.51. The van der Waals surface area contributed by atoms with Gasteiger partial charge in [0.1, 0.15) is 0 Å². The van der Waals surface area contributed by atoms with Crippen molar-refractivity contribution in [2.45, 2.75) is 18.9 Å². The SMILES string of the molecule is COCCN1C(=O)C2(c3ccccc31)c1[nH]c3ccccc3c1CCN2C(C)=O. The molecular formula is C23H23N3O3. The first-order valence-electron chi connectivity index (χ1n) is 9.89. The smallest absolute Gasteiger partial charge is 0.264 e. The van der Waals surface area contributed by atoms with Crippen molar-refractivity contribution in [1.82, 2.24) is 9.88 Å². The number of benzene rings is 2. The van der Waals surface area contributed by atoms with Gasteiger partial charge in [0.2, 0.25) is 5.91 Å². The van der Waals surface area contributed by atoms with E-state index in [0.29, 0.717) is 26.1 Å². The normalized spacial score (nSPS) is 20.4. The number of aromatic nitrogens is 1. The number of amides is 2. The Balaban J connectivity index is 1.83. The van der Waals surface area contributed by atoms with Gasteiger partial charge in [-0.05, 0) is 24.1 Å². The van der Waals surface area contributed by atoms with Gasteiger partial charge in [0.15, 0.2) is 5.54 Å². The van der Waals surface area contributed by atoms with E-state index in [4.69, 9.17) is 4.74 Å². The summed E-state index contributed by atoms with van der Waals surface area (Å²) in [5, 5.41) is 1.12. The summed E-state index contributed by atoms with van der Waals surface area (Å²) in [6.07, 6.45) is 0.716. The fourth-order valence-electron chi connectivity index (χ4n) is 5.03. The van der Waals surface area contributed by atoms with Gasteiger partial charge < -0.3 is 19.5 Å². The second-order valence-corrected chi connectivity index (χ2v) is 7.62. The molecule has 1 aromatic heterocycles. The van der Waals surface area contributed by atoms with Gasteiger partial charge >= 0.3 is 0 Å². The van der Waals surface area contributed by atoms with Crippen LogP contribution >= 0.6 is 0 Å². The Morgan fingerprint density at radius 3 is 2.72 bits per heavy atom. The highest BCUT2D eigenvalue weighted by Gasteiger charge is 2.60. The lowest BCUT2D eigenvalue weighted by Crippen LogP contribution is -2.59. The second-order valence-electron chi connectivity index (χ2n) is 7.62. The second kappa shape index (κ2) is 6.46. The van der Waals surface area contributed by atoms with Crippen molar-refractivity contribution >= 4 is 28.4 Å². The molecule has 6 nitrogen and oxygen atoms in total. The van der Waals surface area contributed by atoms with Crippen LogP contribution in [0.1, 0.15) is 23.7 Å². The largest absolute Gasteiger partial charge is 0.383 e. The van der Waals surface area contributed by atoms with Gasteiger partial charge in [0.25, 0.3) is 5.91 Å². The summed E-state index contributed by atoms with van der Waals surface area (Å²) < 4.78 is 5.25. The number of nitrogens with one attached hydrogen (secondary N) is 1. The molecule has 1 N–H and O–H groups in total. The van der Waals surface area contributed by atoms with Crippen LogP contribution in [0.15, 0.2) is 48.5 Å². The minimum absolute atomic E-state index is 0.0987. The number of carbonyl (C=O) groups excluding carboxylic acids is 2. The average molecular weight is 389 g/mol. The molecule has 3 heterocycles. The molecule has 0 bridgehead atoms. The molecule has 1 atom stereocenters. The summed E-state index contributed by atoms with van der Waals surface area (Å²) in [6.45, 7) is 2.91. The number of methoxy groups -OCH3 is 1. The van der Waals surface area contributed by atoms with Crippen LogP contribution in [0.3, 0.4) is 0 Å². The molecular weight excluding hydrogens is 366 g/mol. The lowest BCUT2D eigenvalue weighted by atomic mass is 9.80. The van der Waals surface area contributed by atoms with Crippen LogP contribution in [0.4, 0.5) is 5.69 Å². The number of carbonyl (C=O) groups is 2. The minimum atomic E-state index is -1.16. The molecule has 0 radical (unpaired) electrons. The maximum absolute atomic E-state index is 14.1. The number of anilines is 1. The molecule has 1 spiro atoms. The number of para-hydroxylation sites is 2. The molecule has 2 amide bonds. The van der Waals surface area contributed by atoms with Crippen LogP contribution in [0.25, 0.3) is 10.9 Å². The zero-order valence-corrected chi connectivity index (χ0v) is 16.6. The number of rotatable bonds is 3. The Morgan fingerprint density at radius 1 is 1.17 bits per heavy atom. The molecule has 2 aliphatic rings. The van der Waals surface area contributed by atoms with E-state index in [9.17, 15) is 9.59 Å². The fourth-order valence-corrected chi connectivity index (χ4v) is 5.03. The van der Waals surface area contributed by atoms with Gasteiger partial charge in [-0.3, -0.25) is 9.59 Å². The number of aromatic amines is 1. The molecule has 1 unspecified atom stereocenters. The third-order valence-electron chi connectivity index (χ3n) is 6.20. The van der Waals surface area contributed by atoms with Crippen molar-refractivity contribution in [3.05, 3.63) is 65.4 Å². The number of fused-ring (bicyclic) bond motifs is 6. The average Bonchev–Trinajstić information content (AvgIpc) is 3.22. The first-order valence-corrected chi connectivity index (χ1v) is 9.89. The molecule has 2 aliphatic heterocycles. The predicted molar refractivity (Wildman–Crippen MR) is 111 cm³/mol. The molecule has 5 rings (SSSR count). The molecule has 0 saturated heterocycles. The van der Waals surface area contributed by atoms with Gasteiger partial charge in [-0.15, -0.1) is 0 Å². The quantitative estimate of drug-likeness (QED) is 0.749. The molecule has 2 aromatic carbocycles. The van der Waals surface area contributed by atoms with Crippen molar-refractivity contribution < 1.29 is 14.3 Å². The number of H-pyrrole nitrogens is 1. The van der Waals surface area contributed by atoms with E-state index in [0.717, 1.165) is 33.4 Å². The molecule has 0 fully saturated rings. The Kier molecular flexibility index (Phi) is 3.99.